The third-order valence-corrected chi connectivity index (χ3v) is 5.11. The fraction of sp³-hybridized carbons (Fsp3) is 0.583. The van der Waals surface area contributed by atoms with Gasteiger partial charge in [-0.25, -0.2) is 0 Å². The Morgan fingerprint density at radius 3 is 2.17 bits per heavy atom. The highest BCUT2D eigenvalue weighted by atomic mass is 19.4. The van der Waals surface area contributed by atoms with Gasteiger partial charge in [0, 0.05) is 37.8 Å². The second kappa shape index (κ2) is 15.2. The maximum absolute atomic E-state index is 12.4. The molecule has 1 unspecified atom stereocenters. The number of hydrogen-bond acceptors (Lipinski definition) is 3. The van der Waals surface area contributed by atoms with Crippen LogP contribution in [0.4, 0.5) is 13.2 Å². The Hall–Kier alpha value is -1.63. The molecule has 1 N–H and O–H groups in total. The molecule has 2 aliphatic rings. The van der Waals surface area contributed by atoms with E-state index in [1.165, 1.54) is 25.3 Å². The van der Waals surface area contributed by atoms with E-state index in [0.29, 0.717) is 0 Å². The fourth-order valence-corrected chi connectivity index (χ4v) is 3.18. The largest absolute Gasteiger partial charge is 0.415 e. The van der Waals surface area contributed by atoms with E-state index < -0.39 is 11.7 Å². The third-order valence-electron chi connectivity index (χ3n) is 5.11. The van der Waals surface area contributed by atoms with Crippen LogP contribution in [-0.2, 0) is 0 Å². The molecule has 1 aliphatic heterocycles. The summed E-state index contributed by atoms with van der Waals surface area (Å²) < 4.78 is 37.2. The summed E-state index contributed by atoms with van der Waals surface area (Å²) in [6.45, 7) is 19.5. The summed E-state index contributed by atoms with van der Waals surface area (Å²) in [5.74, 6) is 0. The van der Waals surface area contributed by atoms with Crippen molar-refractivity contribution >= 4 is 0 Å². The van der Waals surface area contributed by atoms with Crippen molar-refractivity contribution in [3.05, 3.63) is 61.3 Å². The molecule has 6 heteroatoms. The van der Waals surface area contributed by atoms with E-state index in [4.69, 9.17) is 0 Å². The summed E-state index contributed by atoms with van der Waals surface area (Å²) in [6, 6.07) is 0.746. The average molecular weight is 428 g/mol. The quantitative estimate of drug-likeness (QED) is 0.525. The Bertz CT molecular complexity index is 569. The van der Waals surface area contributed by atoms with Crippen LogP contribution in [0.1, 0.15) is 40.0 Å². The lowest BCUT2D eigenvalue weighted by molar-refractivity contribution is -0.0878. The van der Waals surface area contributed by atoms with Gasteiger partial charge in [-0.05, 0) is 26.8 Å². The van der Waals surface area contributed by atoms with Crippen molar-refractivity contribution < 1.29 is 13.2 Å². The first-order valence-corrected chi connectivity index (χ1v) is 10.7. The smallest absolute Gasteiger partial charge is 0.304 e. The predicted molar refractivity (Wildman–Crippen MR) is 123 cm³/mol. The van der Waals surface area contributed by atoms with Crippen LogP contribution in [0.15, 0.2) is 61.3 Å². The maximum Gasteiger partial charge on any atom is 0.415 e. The van der Waals surface area contributed by atoms with Crippen molar-refractivity contribution in [1.82, 2.24) is 15.1 Å². The van der Waals surface area contributed by atoms with E-state index in [-0.39, 0.29) is 6.17 Å². The zero-order valence-electron chi connectivity index (χ0n) is 19.1. The zero-order chi connectivity index (χ0) is 23.2. The number of allylic oxidation sites excluding steroid dienone is 6. The molecule has 0 aromatic heterocycles. The molecule has 1 atom stereocenters. The molecule has 1 heterocycles. The number of halogens is 3. The first-order valence-electron chi connectivity index (χ1n) is 10.7. The molecule has 2 rings (SSSR count). The fourth-order valence-electron chi connectivity index (χ4n) is 3.18. The van der Waals surface area contributed by atoms with Gasteiger partial charge in [-0.2, -0.15) is 13.2 Å². The Labute approximate surface area is 181 Å². The Morgan fingerprint density at radius 1 is 1.13 bits per heavy atom. The first kappa shape index (κ1) is 28.4. The van der Waals surface area contributed by atoms with E-state index in [1.807, 2.05) is 27.8 Å². The van der Waals surface area contributed by atoms with Gasteiger partial charge in [0.15, 0.2) is 0 Å². The second-order valence-electron chi connectivity index (χ2n) is 7.22. The maximum atomic E-state index is 12.4. The summed E-state index contributed by atoms with van der Waals surface area (Å²) in [6.07, 6.45) is 7.36. The molecule has 0 spiro atoms. The summed E-state index contributed by atoms with van der Waals surface area (Å²) >= 11 is 0. The van der Waals surface area contributed by atoms with Crippen LogP contribution in [-0.4, -0.2) is 61.4 Å². The lowest BCUT2D eigenvalue weighted by atomic mass is 9.91. The summed E-state index contributed by atoms with van der Waals surface area (Å²) in [5.41, 5.74) is 0.215. The Balaban J connectivity index is 0.00000125. The van der Waals surface area contributed by atoms with Gasteiger partial charge in [0.1, 0.15) is 0 Å². The van der Waals surface area contributed by atoms with Crippen molar-refractivity contribution in [2.75, 3.05) is 33.2 Å². The zero-order valence-corrected chi connectivity index (χ0v) is 19.1. The minimum Gasteiger partial charge on any atom is -0.304 e. The first-order chi connectivity index (χ1) is 14.2. The number of rotatable bonds is 7. The van der Waals surface area contributed by atoms with E-state index >= 15 is 0 Å². The number of nitrogens with one attached hydrogen (secondary N) is 1. The normalized spacial score (nSPS) is 21.0. The van der Waals surface area contributed by atoms with Crippen LogP contribution in [0.2, 0.25) is 0 Å². The molecule has 1 saturated heterocycles. The van der Waals surface area contributed by atoms with Crippen molar-refractivity contribution in [3.8, 4) is 0 Å². The molecule has 1 aliphatic carbocycles. The van der Waals surface area contributed by atoms with Crippen LogP contribution in [0.25, 0.3) is 0 Å². The molecule has 0 amide bonds. The molecule has 2 fully saturated rings. The predicted octanol–water partition coefficient (Wildman–Crippen LogP) is 5.71. The summed E-state index contributed by atoms with van der Waals surface area (Å²) in [5, 5.41) is 3.36. The number of nitrogens with zero attached hydrogens (tertiary/aromatic N) is 2. The van der Waals surface area contributed by atoms with Gasteiger partial charge in [-0.3, -0.25) is 9.80 Å². The summed E-state index contributed by atoms with van der Waals surface area (Å²) in [7, 11) is 1.97. The number of alkyl halides is 3. The van der Waals surface area contributed by atoms with Crippen LogP contribution in [0.5, 0.6) is 0 Å². The molecule has 0 radical (unpaired) electrons. The van der Waals surface area contributed by atoms with Gasteiger partial charge in [-0.1, -0.05) is 76.0 Å². The van der Waals surface area contributed by atoms with Crippen molar-refractivity contribution in [2.24, 2.45) is 0 Å². The van der Waals surface area contributed by atoms with Crippen LogP contribution >= 0.6 is 0 Å². The molecular formula is C24H40F3N3. The van der Waals surface area contributed by atoms with Crippen LogP contribution in [0, 0.1) is 0 Å². The molecule has 30 heavy (non-hydrogen) atoms. The van der Waals surface area contributed by atoms with Crippen LogP contribution < -0.4 is 5.32 Å². The van der Waals surface area contributed by atoms with Crippen molar-refractivity contribution in [2.45, 2.75) is 58.4 Å². The molecule has 172 valence electrons. The van der Waals surface area contributed by atoms with Gasteiger partial charge in [0.05, 0.1) is 6.17 Å². The highest BCUT2D eigenvalue weighted by molar-refractivity contribution is 5.25. The van der Waals surface area contributed by atoms with Crippen LogP contribution in [0.3, 0.4) is 0 Å². The highest BCUT2D eigenvalue weighted by Gasteiger charge is 2.32. The number of piperazine rings is 1. The second-order valence-corrected chi connectivity index (χ2v) is 7.22. The molecule has 1 saturated carbocycles. The number of likely N-dealkylation sites (N-methyl/N-ethyl adjacent to an activating group) is 1. The van der Waals surface area contributed by atoms with Crippen molar-refractivity contribution in [3.63, 3.8) is 0 Å². The molecule has 0 bridgehead atoms. The van der Waals surface area contributed by atoms with E-state index in [9.17, 15) is 13.2 Å². The Kier molecular flexibility index (Phi) is 14.4. The standard InChI is InChI=1S/C18H28F3N3.C4H6.C2H6/c1-14(6-4-7-15(2)18(19,20)21)12-24-11-10-23(13-17(24)22-3)16-8-5-9-16;1-3-4-2;1-2/h4,6-7,16-17,22H,2,5,8-13H2,1,3H3;3-4H,1-2H2;1-2H3/b7-4-,14-6+;;. The summed E-state index contributed by atoms with van der Waals surface area (Å²) in [4.78, 5) is 4.92. The van der Waals surface area contributed by atoms with Gasteiger partial charge in [0.25, 0.3) is 0 Å². The molecule has 0 aromatic rings. The average Bonchev–Trinajstić information content (AvgIpc) is 2.68. The topological polar surface area (TPSA) is 18.5 Å². The van der Waals surface area contributed by atoms with Gasteiger partial charge < -0.3 is 5.32 Å². The minimum atomic E-state index is -4.35. The van der Waals surface area contributed by atoms with Gasteiger partial charge in [-0.15, -0.1) is 0 Å². The van der Waals surface area contributed by atoms with E-state index in [2.05, 4.69) is 34.9 Å². The molecule has 0 aromatic carbocycles. The van der Waals surface area contributed by atoms with Gasteiger partial charge >= 0.3 is 6.18 Å². The highest BCUT2D eigenvalue weighted by Crippen LogP contribution is 2.27. The monoisotopic (exact) mass is 427 g/mol. The molecule has 3 nitrogen and oxygen atoms in total. The lowest BCUT2D eigenvalue weighted by Crippen LogP contribution is -2.61. The Morgan fingerprint density at radius 2 is 1.73 bits per heavy atom. The SMILES string of the molecule is C=C(/C=C\C=C(/C)CN1CCN(C2CCC2)CC1NC)C(F)(F)F.C=CC=C.CC. The lowest BCUT2D eigenvalue weighted by Gasteiger charge is -2.47. The van der Waals surface area contributed by atoms with E-state index in [0.717, 1.165) is 43.9 Å². The van der Waals surface area contributed by atoms with Crippen molar-refractivity contribution in [1.29, 1.82) is 0 Å². The third kappa shape index (κ3) is 10.4. The number of hydrogen-bond donors (Lipinski definition) is 1. The van der Waals surface area contributed by atoms with E-state index in [1.54, 1.807) is 18.2 Å². The molecular weight excluding hydrogens is 387 g/mol. The van der Waals surface area contributed by atoms with Gasteiger partial charge in [0.2, 0.25) is 0 Å². The minimum absolute atomic E-state index is 0.289.